The highest BCUT2D eigenvalue weighted by Gasteiger charge is 2.19. The number of amides is 1. The van der Waals surface area contributed by atoms with Crippen LogP contribution in [-0.4, -0.2) is 31.4 Å². The van der Waals surface area contributed by atoms with Crippen molar-refractivity contribution in [3.63, 3.8) is 0 Å². The lowest BCUT2D eigenvalue weighted by atomic mass is 9.87. The summed E-state index contributed by atoms with van der Waals surface area (Å²) in [6.07, 6.45) is 11.0. The molecular weight excluding hydrogens is 426 g/mol. The summed E-state index contributed by atoms with van der Waals surface area (Å²) in [5.74, 6) is 2.37. The molecule has 0 spiro atoms. The van der Waals surface area contributed by atoms with E-state index in [0.717, 1.165) is 21.9 Å². The third-order valence-electron chi connectivity index (χ3n) is 4.63. The topological polar surface area (TPSA) is 72.7 Å². The minimum Gasteiger partial charge on any atom is -0.310 e. The first kappa shape index (κ1) is 20.1. The van der Waals surface area contributed by atoms with Crippen molar-refractivity contribution in [3.05, 3.63) is 41.3 Å². The quantitative estimate of drug-likeness (QED) is 0.475. The standard InChI is InChI=1S/C19H24BrN5OS/c1-2-10-25-17(11-14-6-4-3-5-7-14)23-24-19(25)27-13-18(26)22-16-9-8-15(20)12-21-16/h2,8-9,12,14H,1,3-7,10-11,13H2,(H,21,22,26). The Labute approximate surface area is 172 Å². The summed E-state index contributed by atoms with van der Waals surface area (Å²) < 4.78 is 2.95. The van der Waals surface area contributed by atoms with Crippen molar-refractivity contribution in [2.75, 3.05) is 11.1 Å². The number of carbonyl (C=O) groups excluding carboxylic acids is 1. The van der Waals surface area contributed by atoms with Crippen LogP contribution in [-0.2, 0) is 17.8 Å². The summed E-state index contributed by atoms with van der Waals surface area (Å²) in [4.78, 5) is 16.4. The summed E-state index contributed by atoms with van der Waals surface area (Å²) in [6, 6.07) is 3.60. The zero-order valence-electron chi connectivity index (χ0n) is 15.2. The van der Waals surface area contributed by atoms with E-state index in [-0.39, 0.29) is 11.7 Å². The number of nitrogens with zero attached hydrogens (tertiary/aromatic N) is 4. The number of carbonyl (C=O) groups is 1. The zero-order valence-corrected chi connectivity index (χ0v) is 17.6. The van der Waals surface area contributed by atoms with E-state index in [1.807, 2.05) is 12.1 Å². The highest BCUT2D eigenvalue weighted by Crippen LogP contribution is 2.27. The molecule has 2 aromatic heterocycles. The molecule has 0 radical (unpaired) electrons. The minimum atomic E-state index is -0.114. The highest BCUT2D eigenvalue weighted by atomic mass is 79.9. The number of nitrogens with one attached hydrogen (secondary N) is 1. The van der Waals surface area contributed by atoms with E-state index >= 15 is 0 Å². The monoisotopic (exact) mass is 449 g/mol. The fraction of sp³-hybridized carbons (Fsp3) is 0.474. The lowest BCUT2D eigenvalue weighted by Gasteiger charge is -2.21. The van der Waals surface area contributed by atoms with Gasteiger partial charge in [-0.15, -0.1) is 16.8 Å². The average Bonchev–Trinajstić information content (AvgIpc) is 3.05. The maximum atomic E-state index is 12.2. The van der Waals surface area contributed by atoms with Crippen molar-refractivity contribution < 1.29 is 4.79 Å². The van der Waals surface area contributed by atoms with Gasteiger partial charge in [0.15, 0.2) is 5.16 Å². The number of thioether (sulfide) groups is 1. The number of rotatable bonds is 8. The number of allylic oxidation sites excluding steroid dienone is 1. The molecule has 0 bridgehead atoms. The van der Waals surface area contributed by atoms with Crippen LogP contribution < -0.4 is 5.32 Å². The number of anilines is 1. The second-order valence-electron chi connectivity index (χ2n) is 6.70. The molecule has 0 aliphatic heterocycles. The lowest BCUT2D eigenvalue weighted by molar-refractivity contribution is -0.113. The van der Waals surface area contributed by atoms with E-state index in [9.17, 15) is 4.79 Å². The normalized spacial score (nSPS) is 14.9. The van der Waals surface area contributed by atoms with Crippen molar-refractivity contribution in [2.45, 2.75) is 50.2 Å². The predicted molar refractivity (Wildman–Crippen MR) is 112 cm³/mol. The molecule has 0 atom stereocenters. The SMILES string of the molecule is C=CCn1c(CC2CCCCC2)nnc1SCC(=O)Nc1ccc(Br)cn1. The van der Waals surface area contributed by atoms with Gasteiger partial charge in [0.2, 0.25) is 5.91 Å². The van der Waals surface area contributed by atoms with E-state index < -0.39 is 0 Å². The fourth-order valence-corrected chi connectivity index (χ4v) is 4.30. The van der Waals surface area contributed by atoms with Crippen molar-refractivity contribution >= 4 is 39.4 Å². The molecule has 0 unspecified atom stereocenters. The van der Waals surface area contributed by atoms with E-state index in [1.54, 1.807) is 12.3 Å². The number of hydrogen-bond donors (Lipinski definition) is 1. The Morgan fingerprint density at radius 2 is 2.15 bits per heavy atom. The molecule has 1 saturated carbocycles. The van der Waals surface area contributed by atoms with Crippen LogP contribution in [0.4, 0.5) is 5.82 Å². The Morgan fingerprint density at radius 3 is 2.85 bits per heavy atom. The van der Waals surface area contributed by atoms with Crippen LogP contribution in [0.1, 0.15) is 37.9 Å². The summed E-state index contributed by atoms with van der Waals surface area (Å²) >= 11 is 4.72. The summed E-state index contributed by atoms with van der Waals surface area (Å²) in [5.41, 5.74) is 0. The zero-order chi connectivity index (χ0) is 19.1. The summed E-state index contributed by atoms with van der Waals surface area (Å²) in [5, 5.41) is 12.3. The first-order valence-corrected chi connectivity index (χ1v) is 11.0. The van der Waals surface area contributed by atoms with Gasteiger partial charge < -0.3 is 9.88 Å². The van der Waals surface area contributed by atoms with E-state index in [0.29, 0.717) is 18.3 Å². The number of aromatic nitrogens is 4. The first-order valence-electron chi connectivity index (χ1n) is 9.23. The maximum Gasteiger partial charge on any atom is 0.236 e. The van der Waals surface area contributed by atoms with Gasteiger partial charge >= 0.3 is 0 Å². The molecule has 2 heterocycles. The van der Waals surface area contributed by atoms with Gasteiger partial charge in [-0.3, -0.25) is 4.79 Å². The highest BCUT2D eigenvalue weighted by molar-refractivity contribution is 9.10. The first-order chi connectivity index (χ1) is 13.2. The molecule has 1 amide bonds. The van der Waals surface area contributed by atoms with Crippen LogP contribution in [0.3, 0.4) is 0 Å². The Hall–Kier alpha value is -1.67. The number of halogens is 1. The maximum absolute atomic E-state index is 12.2. The van der Waals surface area contributed by atoms with Crippen LogP contribution in [0.25, 0.3) is 0 Å². The Kier molecular flexibility index (Phi) is 7.46. The second kappa shape index (κ2) is 10.0. The summed E-state index contributed by atoms with van der Waals surface area (Å²) in [7, 11) is 0. The Balaban J connectivity index is 1.59. The van der Waals surface area contributed by atoms with Crippen LogP contribution in [0.5, 0.6) is 0 Å². The fourth-order valence-electron chi connectivity index (χ4n) is 3.30. The van der Waals surface area contributed by atoms with Gasteiger partial charge in [0, 0.05) is 23.6 Å². The van der Waals surface area contributed by atoms with Crippen LogP contribution in [0.2, 0.25) is 0 Å². The molecule has 27 heavy (non-hydrogen) atoms. The van der Waals surface area contributed by atoms with Crippen LogP contribution >= 0.6 is 27.7 Å². The van der Waals surface area contributed by atoms with Gasteiger partial charge in [-0.2, -0.15) is 0 Å². The molecule has 2 aromatic rings. The molecule has 0 aromatic carbocycles. The molecule has 1 aliphatic carbocycles. The van der Waals surface area contributed by atoms with Gasteiger partial charge in [-0.1, -0.05) is 49.9 Å². The number of pyridine rings is 1. The van der Waals surface area contributed by atoms with Crippen LogP contribution in [0.15, 0.2) is 40.6 Å². The molecule has 8 heteroatoms. The molecular formula is C19H24BrN5OS. The van der Waals surface area contributed by atoms with Crippen molar-refractivity contribution in [2.24, 2.45) is 5.92 Å². The predicted octanol–water partition coefficient (Wildman–Crippen LogP) is 4.48. The van der Waals surface area contributed by atoms with Gasteiger partial charge in [0.05, 0.1) is 5.75 Å². The molecule has 1 aliphatic rings. The lowest BCUT2D eigenvalue weighted by Crippen LogP contribution is -2.16. The van der Waals surface area contributed by atoms with Crippen LogP contribution in [0, 0.1) is 5.92 Å². The molecule has 144 valence electrons. The van der Waals surface area contributed by atoms with Gasteiger partial charge in [0.1, 0.15) is 11.6 Å². The molecule has 6 nitrogen and oxygen atoms in total. The van der Waals surface area contributed by atoms with Crippen molar-refractivity contribution in [1.29, 1.82) is 0 Å². The molecule has 1 fully saturated rings. The molecule has 0 saturated heterocycles. The molecule has 1 N–H and O–H groups in total. The van der Waals surface area contributed by atoms with E-state index in [1.165, 1.54) is 43.9 Å². The Bertz CT molecular complexity index is 771. The van der Waals surface area contributed by atoms with Gasteiger partial charge in [-0.25, -0.2) is 4.98 Å². The smallest absolute Gasteiger partial charge is 0.236 e. The molecule has 3 rings (SSSR count). The largest absolute Gasteiger partial charge is 0.310 e. The van der Waals surface area contributed by atoms with E-state index in [4.69, 9.17) is 0 Å². The Morgan fingerprint density at radius 1 is 1.33 bits per heavy atom. The van der Waals surface area contributed by atoms with Crippen molar-refractivity contribution in [1.82, 2.24) is 19.7 Å². The third kappa shape index (κ3) is 5.90. The third-order valence-corrected chi connectivity index (χ3v) is 6.06. The van der Waals surface area contributed by atoms with Crippen molar-refractivity contribution in [3.8, 4) is 0 Å². The second-order valence-corrected chi connectivity index (χ2v) is 8.56. The average molecular weight is 450 g/mol. The summed E-state index contributed by atoms with van der Waals surface area (Å²) in [6.45, 7) is 4.51. The van der Waals surface area contributed by atoms with Gasteiger partial charge in [0.25, 0.3) is 0 Å². The van der Waals surface area contributed by atoms with E-state index in [2.05, 4.69) is 47.6 Å². The minimum absolute atomic E-state index is 0.114. The number of hydrogen-bond acceptors (Lipinski definition) is 5. The van der Waals surface area contributed by atoms with Gasteiger partial charge in [-0.05, 0) is 34.0 Å².